The summed E-state index contributed by atoms with van der Waals surface area (Å²) >= 11 is 3.40. The van der Waals surface area contributed by atoms with Crippen molar-refractivity contribution in [3.05, 3.63) is 34.4 Å². The van der Waals surface area contributed by atoms with Gasteiger partial charge in [-0.2, -0.15) is 4.99 Å². The second-order valence-electron chi connectivity index (χ2n) is 3.58. The smallest absolute Gasteiger partial charge is 0.297 e. The van der Waals surface area contributed by atoms with Crippen molar-refractivity contribution >= 4 is 38.7 Å². The van der Waals surface area contributed by atoms with E-state index in [4.69, 9.17) is 11.5 Å². The number of hydrogen-bond acceptors (Lipinski definition) is 1. The Bertz CT molecular complexity index is 587. The van der Waals surface area contributed by atoms with Crippen molar-refractivity contribution in [3.8, 4) is 0 Å². The van der Waals surface area contributed by atoms with Crippen LogP contribution < -0.4 is 11.5 Å². The SMILES string of the molecule is Cn1c(C(=O)N=C(N)N)c(Br)c2ccccc21. The molecule has 1 aromatic carbocycles. The van der Waals surface area contributed by atoms with Gasteiger partial charge in [0.25, 0.3) is 5.91 Å². The minimum Gasteiger partial charge on any atom is -0.370 e. The molecule has 88 valence electrons. The fraction of sp³-hybridized carbons (Fsp3) is 0.0909. The molecule has 0 aliphatic heterocycles. The molecular formula is C11H11BrN4O. The summed E-state index contributed by atoms with van der Waals surface area (Å²) < 4.78 is 2.46. The van der Waals surface area contributed by atoms with Crippen LogP contribution in [-0.4, -0.2) is 16.4 Å². The van der Waals surface area contributed by atoms with Crippen LogP contribution in [0, 0.1) is 0 Å². The normalized spacial score (nSPS) is 10.5. The Balaban J connectivity index is 2.70. The van der Waals surface area contributed by atoms with E-state index in [1.54, 1.807) is 11.6 Å². The molecule has 0 bridgehead atoms. The number of aromatic nitrogens is 1. The van der Waals surface area contributed by atoms with Gasteiger partial charge in [0.05, 0.1) is 4.47 Å². The molecule has 0 aliphatic rings. The third kappa shape index (κ3) is 1.91. The van der Waals surface area contributed by atoms with Crippen molar-refractivity contribution in [3.63, 3.8) is 0 Å². The molecule has 0 saturated carbocycles. The lowest BCUT2D eigenvalue weighted by Crippen LogP contribution is -2.24. The minimum absolute atomic E-state index is 0.243. The number of aryl methyl sites for hydroxylation is 1. The van der Waals surface area contributed by atoms with E-state index in [0.29, 0.717) is 10.2 Å². The van der Waals surface area contributed by atoms with Crippen LogP contribution in [0.5, 0.6) is 0 Å². The van der Waals surface area contributed by atoms with Crippen LogP contribution >= 0.6 is 15.9 Å². The first kappa shape index (κ1) is 11.7. The number of nitrogens with two attached hydrogens (primary N) is 2. The molecule has 0 atom stereocenters. The topological polar surface area (TPSA) is 86.4 Å². The van der Waals surface area contributed by atoms with E-state index >= 15 is 0 Å². The van der Waals surface area contributed by atoms with Crippen molar-refractivity contribution in [1.82, 2.24) is 4.57 Å². The Morgan fingerprint density at radius 2 is 2.00 bits per heavy atom. The first-order chi connectivity index (χ1) is 8.02. The Morgan fingerprint density at radius 3 is 2.59 bits per heavy atom. The summed E-state index contributed by atoms with van der Waals surface area (Å²) in [6, 6.07) is 7.66. The molecule has 2 rings (SSSR count). The number of rotatable bonds is 1. The molecule has 1 amide bonds. The van der Waals surface area contributed by atoms with Gasteiger partial charge < -0.3 is 16.0 Å². The number of nitrogens with zero attached hydrogens (tertiary/aromatic N) is 2. The third-order valence-electron chi connectivity index (χ3n) is 2.48. The number of para-hydroxylation sites is 1. The molecule has 0 fully saturated rings. The third-order valence-corrected chi connectivity index (χ3v) is 3.28. The predicted molar refractivity (Wildman–Crippen MR) is 70.8 cm³/mol. The van der Waals surface area contributed by atoms with Gasteiger partial charge in [-0.05, 0) is 22.0 Å². The highest BCUT2D eigenvalue weighted by Gasteiger charge is 2.18. The Morgan fingerprint density at radius 1 is 1.35 bits per heavy atom. The molecule has 4 N–H and O–H groups in total. The number of guanidine groups is 1. The predicted octanol–water partition coefficient (Wildman–Crippen LogP) is 1.35. The van der Waals surface area contributed by atoms with E-state index in [1.807, 2.05) is 24.3 Å². The lowest BCUT2D eigenvalue weighted by molar-refractivity contribution is 0.0994. The summed E-state index contributed by atoms with van der Waals surface area (Å²) in [7, 11) is 1.79. The van der Waals surface area contributed by atoms with Gasteiger partial charge in [0.1, 0.15) is 5.69 Å². The molecule has 17 heavy (non-hydrogen) atoms. The highest BCUT2D eigenvalue weighted by atomic mass is 79.9. The quantitative estimate of drug-likeness (QED) is 0.615. The first-order valence-corrected chi connectivity index (χ1v) is 5.68. The molecule has 0 radical (unpaired) electrons. The van der Waals surface area contributed by atoms with Crippen LogP contribution in [0.1, 0.15) is 10.5 Å². The number of carbonyl (C=O) groups excluding carboxylic acids is 1. The Kier molecular flexibility index (Phi) is 2.89. The monoisotopic (exact) mass is 294 g/mol. The van der Waals surface area contributed by atoms with E-state index in [-0.39, 0.29) is 5.96 Å². The zero-order valence-electron chi connectivity index (χ0n) is 9.14. The van der Waals surface area contributed by atoms with E-state index < -0.39 is 5.91 Å². The lowest BCUT2D eigenvalue weighted by atomic mass is 10.2. The zero-order valence-corrected chi connectivity index (χ0v) is 10.7. The lowest BCUT2D eigenvalue weighted by Gasteiger charge is -2.00. The molecule has 2 aromatic rings. The van der Waals surface area contributed by atoms with E-state index in [9.17, 15) is 4.79 Å². The first-order valence-electron chi connectivity index (χ1n) is 4.89. The molecule has 0 spiro atoms. The summed E-state index contributed by atoms with van der Waals surface area (Å²) in [5, 5.41) is 0.948. The van der Waals surface area contributed by atoms with Gasteiger partial charge in [-0.3, -0.25) is 4.79 Å². The highest BCUT2D eigenvalue weighted by molar-refractivity contribution is 9.10. The average Bonchev–Trinajstić information content (AvgIpc) is 2.51. The molecule has 5 nitrogen and oxygen atoms in total. The van der Waals surface area contributed by atoms with E-state index in [1.165, 1.54) is 0 Å². The van der Waals surface area contributed by atoms with Gasteiger partial charge >= 0.3 is 0 Å². The van der Waals surface area contributed by atoms with Crippen molar-refractivity contribution < 1.29 is 4.79 Å². The molecule has 0 aliphatic carbocycles. The van der Waals surface area contributed by atoms with Crippen molar-refractivity contribution in [1.29, 1.82) is 0 Å². The Hall–Kier alpha value is -1.82. The van der Waals surface area contributed by atoms with Gasteiger partial charge in [0.2, 0.25) is 0 Å². The Labute approximate surface area is 106 Å². The van der Waals surface area contributed by atoms with E-state index in [2.05, 4.69) is 20.9 Å². The van der Waals surface area contributed by atoms with Crippen molar-refractivity contribution in [2.45, 2.75) is 0 Å². The zero-order chi connectivity index (χ0) is 12.6. The van der Waals surface area contributed by atoms with Crippen LogP contribution in [-0.2, 0) is 7.05 Å². The maximum absolute atomic E-state index is 11.9. The van der Waals surface area contributed by atoms with Crippen LogP contribution in [0.3, 0.4) is 0 Å². The summed E-state index contributed by atoms with van der Waals surface area (Å²) in [6.07, 6.45) is 0. The average molecular weight is 295 g/mol. The second-order valence-corrected chi connectivity index (χ2v) is 4.37. The number of aliphatic imine (C=N–C) groups is 1. The van der Waals surface area contributed by atoms with Crippen molar-refractivity contribution in [2.75, 3.05) is 0 Å². The highest BCUT2D eigenvalue weighted by Crippen LogP contribution is 2.30. The number of amides is 1. The largest absolute Gasteiger partial charge is 0.370 e. The summed E-state index contributed by atoms with van der Waals surface area (Å²) in [5.41, 5.74) is 11.8. The molecular weight excluding hydrogens is 284 g/mol. The summed E-state index contributed by atoms with van der Waals surface area (Å²) in [6.45, 7) is 0. The van der Waals surface area contributed by atoms with Gasteiger partial charge in [0.15, 0.2) is 5.96 Å². The van der Waals surface area contributed by atoms with Crippen LogP contribution in [0.2, 0.25) is 0 Å². The standard InChI is InChI=1S/C11H11BrN4O/c1-16-7-5-3-2-4-6(7)8(12)9(16)10(17)15-11(13)14/h2-5H,1H3,(H4,13,14,15,17). The fourth-order valence-corrected chi connectivity index (χ4v) is 2.53. The molecule has 0 saturated heterocycles. The van der Waals surface area contributed by atoms with E-state index in [0.717, 1.165) is 10.9 Å². The number of carbonyl (C=O) groups is 1. The molecule has 1 heterocycles. The maximum atomic E-state index is 11.9. The maximum Gasteiger partial charge on any atom is 0.297 e. The number of halogens is 1. The van der Waals surface area contributed by atoms with Crippen LogP contribution in [0.25, 0.3) is 10.9 Å². The fourth-order valence-electron chi connectivity index (χ4n) is 1.75. The molecule has 6 heteroatoms. The number of fused-ring (bicyclic) bond motifs is 1. The summed E-state index contributed by atoms with van der Waals surface area (Å²) in [4.78, 5) is 15.4. The van der Waals surface area contributed by atoms with Gasteiger partial charge in [-0.25, -0.2) is 0 Å². The number of hydrogen-bond donors (Lipinski definition) is 2. The molecule has 0 unspecified atom stereocenters. The van der Waals surface area contributed by atoms with Crippen molar-refractivity contribution in [2.24, 2.45) is 23.5 Å². The van der Waals surface area contributed by atoms with Gasteiger partial charge in [-0.1, -0.05) is 18.2 Å². The van der Waals surface area contributed by atoms with Crippen LogP contribution in [0.4, 0.5) is 0 Å². The summed E-state index contributed by atoms with van der Waals surface area (Å²) in [5.74, 6) is -0.706. The minimum atomic E-state index is -0.462. The van der Waals surface area contributed by atoms with Gasteiger partial charge in [0, 0.05) is 18.0 Å². The number of benzene rings is 1. The second kappa shape index (κ2) is 4.21. The van der Waals surface area contributed by atoms with Gasteiger partial charge in [-0.15, -0.1) is 0 Å². The van der Waals surface area contributed by atoms with Crippen LogP contribution in [0.15, 0.2) is 33.7 Å². The molecule has 1 aromatic heterocycles.